The van der Waals surface area contributed by atoms with Gasteiger partial charge < -0.3 is 0 Å². The number of ketones is 1. The molecule has 1 heteroatoms. The van der Waals surface area contributed by atoms with Crippen molar-refractivity contribution >= 4 is 16.9 Å². The average molecular weight is 375 g/mol. The van der Waals surface area contributed by atoms with E-state index in [9.17, 15) is 4.79 Å². The molecule has 0 aliphatic carbocycles. The summed E-state index contributed by atoms with van der Waals surface area (Å²) in [5, 5.41) is 0. The number of rotatable bonds is 8. The highest BCUT2D eigenvalue weighted by Crippen LogP contribution is 2.26. The smallest absolute Gasteiger partial charge is 0.179 e. The number of aryl methyl sites for hydroxylation is 2. The van der Waals surface area contributed by atoms with Gasteiger partial charge in [0.15, 0.2) is 5.78 Å². The lowest BCUT2D eigenvalue weighted by Crippen LogP contribution is -1.99. The molecular weight excluding hydrogens is 340 g/mol. The second-order valence-corrected chi connectivity index (χ2v) is 8.67. The van der Waals surface area contributed by atoms with E-state index in [0.717, 1.165) is 35.1 Å². The van der Waals surface area contributed by atoms with Gasteiger partial charge in [-0.1, -0.05) is 87.4 Å². The highest BCUT2D eigenvalue weighted by molar-refractivity contribution is 6.08. The lowest BCUT2D eigenvalue weighted by atomic mass is 9.92. The first-order valence-corrected chi connectivity index (χ1v) is 10.3. The van der Waals surface area contributed by atoms with Gasteiger partial charge in [-0.3, -0.25) is 4.79 Å². The van der Waals surface area contributed by atoms with Gasteiger partial charge in [0, 0.05) is 0 Å². The Hall–Kier alpha value is -2.41. The van der Waals surface area contributed by atoms with E-state index in [1.807, 2.05) is 12.2 Å². The molecule has 0 unspecified atom stereocenters. The normalized spacial score (nSPS) is 12.7. The summed E-state index contributed by atoms with van der Waals surface area (Å²) in [6.45, 7) is 12.9. The zero-order chi connectivity index (χ0) is 20.7. The molecule has 0 saturated carbocycles. The van der Waals surface area contributed by atoms with E-state index in [1.54, 1.807) is 0 Å². The quantitative estimate of drug-likeness (QED) is 0.439. The fraction of sp³-hybridized carbons (Fsp3) is 0.370. The van der Waals surface area contributed by atoms with Crippen molar-refractivity contribution in [3.8, 4) is 0 Å². The van der Waals surface area contributed by atoms with Crippen LogP contribution in [0.15, 0.2) is 60.7 Å². The molecule has 0 atom stereocenters. The minimum absolute atomic E-state index is 0.0763. The van der Waals surface area contributed by atoms with Gasteiger partial charge in [-0.15, -0.1) is 0 Å². The summed E-state index contributed by atoms with van der Waals surface area (Å²) < 4.78 is 0. The molecule has 2 aromatic rings. The largest absolute Gasteiger partial charge is 0.290 e. The molecule has 0 amide bonds. The third-order valence-electron chi connectivity index (χ3n) is 4.73. The second-order valence-electron chi connectivity index (χ2n) is 8.67. The molecule has 0 bridgehead atoms. The first-order chi connectivity index (χ1) is 13.2. The maximum atomic E-state index is 13.0. The molecule has 2 rings (SSSR count). The molecule has 0 N–H and O–H groups in total. The Morgan fingerprint density at radius 3 is 1.29 bits per heavy atom. The first kappa shape index (κ1) is 21.9. The third kappa shape index (κ3) is 6.96. The van der Waals surface area contributed by atoms with Gasteiger partial charge in [0.1, 0.15) is 0 Å². The molecule has 0 heterocycles. The van der Waals surface area contributed by atoms with Crippen LogP contribution >= 0.6 is 0 Å². The van der Waals surface area contributed by atoms with Gasteiger partial charge in [0.2, 0.25) is 0 Å². The Morgan fingerprint density at radius 2 is 1.00 bits per heavy atom. The molecule has 0 radical (unpaired) electrons. The lowest BCUT2D eigenvalue weighted by molar-refractivity contribution is -0.110. The zero-order valence-electron chi connectivity index (χ0n) is 18.3. The van der Waals surface area contributed by atoms with Crippen LogP contribution in [-0.2, 0) is 4.79 Å². The molecule has 0 aliphatic heterocycles. The SMILES string of the molecule is Cc1ccc(C(=CC(=O)C=C(CC(C)C)c2ccc(C)cc2)CC(C)C)cc1. The van der Waals surface area contributed by atoms with Crippen LogP contribution < -0.4 is 0 Å². The van der Waals surface area contributed by atoms with Crippen LogP contribution in [0.25, 0.3) is 11.1 Å². The van der Waals surface area contributed by atoms with E-state index in [2.05, 4.69) is 90.1 Å². The van der Waals surface area contributed by atoms with Crippen molar-refractivity contribution in [2.24, 2.45) is 11.8 Å². The van der Waals surface area contributed by atoms with E-state index in [-0.39, 0.29) is 5.78 Å². The molecule has 28 heavy (non-hydrogen) atoms. The Kier molecular flexibility index (Phi) is 7.99. The maximum Gasteiger partial charge on any atom is 0.179 e. The van der Waals surface area contributed by atoms with Crippen LogP contribution in [0.5, 0.6) is 0 Å². The summed E-state index contributed by atoms with van der Waals surface area (Å²) in [4.78, 5) is 13.0. The predicted molar refractivity (Wildman–Crippen MR) is 122 cm³/mol. The third-order valence-corrected chi connectivity index (χ3v) is 4.73. The first-order valence-electron chi connectivity index (χ1n) is 10.3. The fourth-order valence-corrected chi connectivity index (χ4v) is 3.32. The summed E-state index contributed by atoms with van der Waals surface area (Å²) in [5.74, 6) is 1.07. The Morgan fingerprint density at radius 1 is 0.679 bits per heavy atom. The molecule has 2 aromatic carbocycles. The summed E-state index contributed by atoms with van der Waals surface area (Å²) >= 11 is 0. The van der Waals surface area contributed by atoms with Gasteiger partial charge >= 0.3 is 0 Å². The van der Waals surface area contributed by atoms with Crippen LogP contribution in [-0.4, -0.2) is 5.78 Å². The van der Waals surface area contributed by atoms with Crippen molar-refractivity contribution in [3.05, 3.63) is 82.9 Å². The Labute approximate surface area is 171 Å². The van der Waals surface area contributed by atoms with Gasteiger partial charge in [-0.25, -0.2) is 0 Å². The summed E-state index contributed by atoms with van der Waals surface area (Å²) in [6, 6.07) is 16.9. The Balaban J connectivity index is 2.38. The Bertz CT molecular complexity index is 759. The lowest BCUT2D eigenvalue weighted by Gasteiger charge is -2.12. The molecule has 0 saturated heterocycles. The van der Waals surface area contributed by atoms with Crippen molar-refractivity contribution < 1.29 is 4.79 Å². The molecule has 0 spiro atoms. The standard InChI is InChI=1S/C27H34O/c1-19(2)15-25(23-11-7-21(5)8-12-23)17-27(28)18-26(16-20(3)4)24-13-9-22(6)10-14-24/h7-14,17-20H,15-16H2,1-6H3. The molecule has 148 valence electrons. The van der Waals surface area contributed by atoms with Crippen LogP contribution in [0.2, 0.25) is 0 Å². The number of carbonyl (C=O) groups is 1. The number of carbonyl (C=O) groups excluding carboxylic acids is 1. The monoisotopic (exact) mass is 374 g/mol. The van der Waals surface area contributed by atoms with Crippen molar-refractivity contribution in [1.82, 2.24) is 0 Å². The molecule has 0 fully saturated rings. The minimum Gasteiger partial charge on any atom is -0.290 e. The molecular formula is C27H34O. The minimum atomic E-state index is 0.0763. The van der Waals surface area contributed by atoms with E-state index >= 15 is 0 Å². The number of benzene rings is 2. The van der Waals surface area contributed by atoms with E-state index in [1.165, 1.54) is 11.1 Å². The van der Waals surface area contributed by atoms with E-state index in [4.69, 9.17) is 0 Å². The van der Waals surface area contributed by atoms with Crippen LogP contribution in [0.4, 0.5) is 0 Å². The highest BCUT2D eigenvalue weighted by Gasteiger charge is 2.10. The van der Waals surface area contributed by atoms with E-state index < -0.39 is 0 Å². The number of hydrogen-bond donors (Lipinski definition) is 0. The zero-order valence-corrected chi connectivity index (χ0v) is 18.3. The fourth-order valence-electron chi connectivity index (χ4n) is 3.32. The van der Waals surface area contributed by atoms with Gasteiger partial charge in [-0.2, -0.15) is 0 Å². The second kappa shape index (κ2) is 10.2. The number of hydrogen-bond acceptors (Lipinski definition) is 1. The van der Waals surface area contributed by atoms with Crippen molar-refractivity contribution in [2.75, 3.05) is 0 Å². The summed E-state index contributed by atoms with van der Waals surface area (Å²) in [5.41, 5.74) is 6.98. The summed E-state index contributed by atoms with van der Waals surface area (Å²) in [7, 11) is 0. The molecule has 1 nitrogen and oxygen atoms in total. The van der Waals surface area contributed by atoms with Crippen LogP contribution in [0.3, 0.4) is 0 Å². The highest BCUT2D eigenvalue weighted by atomic mass is 16.1. The van der Waals surface area contributed by atoms with Crippen LogP contribution in [0.1, 0.15) is 62.8 Å². The summed E-state index contributed by atoms with van der Waals surface area (Å²) in [6.07, 6.45) is 5.46. The average Bonchev–Trinajstić information content (AvgIpc) is 2.61. The van der Waals surface area contributed by atoms with Gasteiger partial charge in [-0.05, 0) is 73.0 Å². The van der Waals surface area contributed by atoms with Crippen molar-refractivity contribution in [1.29, 1.82) is 0 Å². The molecule has 0 aliphatic rings. The van der Waals surface area contributed by atoms with Gasteiger partial charge in [0.25, 0.3) is 0 Å². The predicted octanol–water partition coefficient (Wildman–Crippen LogP) is 7.43. The molecule has 0 aromatic heterocycles. The van der Waals surface area contributed by atoms with Crippen molar-refractivity contribution in [2.45, 2.75) is 54.4 Å². The van der Waals surface area contributed by atoms with Crippen molar-refractivity contribution in [3.63, 3.8) is 0 Å². The number of allylic oxidation sites excluding steroid dienone is 4. The maximum absolute atomic E-state index is 13.0. The topological polar surface area (TPSA) is 17.1 Å². The van der Waals surface area contributed by atoms with Crippen LogP contribution in [0, 0.1) is 25.7 Å². The van der Waals surface area contributed by atoms with E-state index in [0.29, 0.717) is 11.8 Å². The van der Waals surface area contributed by atoms with Gasteiger partial charge in [0.05, 0.1) is 0 Å².